The van der Waals surface area contributed by atoms with E-state index in [0.717, 1.165) is 24.1 Å². The predicted molar refractivity (Wildman–Crippen MR) is 131 cm³/mol. The van der Waals surface area contributed by atoms with E-state index in [1.807, 2.05) is 47.4 Å². The van der Waals surface area contributed by atoms with Crippen molar-refractivity contribution in [1.82, 2.24) is 5.32 Å². The first-order valence-corrected chi connectivity index (χ1v) is 11.3. The van der Waals surface area contributed by atoms with E-state index in [0.29, 0.717) is 22.8 Å². The van der Waals surface area contributed by atoms with Crippen molar-refractivity contribution < 1.29 is 19.3 Å². The molecule has 3 N–H and O–H groups in total. The Kier molecular flexibility index (Phi) is 7.11. The third-order valence-corrected chi connectivity index (χ3v) is 6.34. The second kappa shape index (κ2) is 10.2. The number of hydrogen-bond donors (Lipinski definition) is 3. The number of rotatable bonds is 8. The van der Waals surface area contributed by atoms with Gasteiger partial charge in [-0.05, 0) is 73.4 Å². The van der Waals surface area contributed by atoms with Crippen LogP contribution in [0.3, 0.4) is 0 Å². The summed E-state index contributed by atoms with van der Waals surface area (Å²) in [5.41, 5.74) is 2.38. The monoisotopic (exact) mass is 466 g/mol. The van der Waals surface area contributed by atoms with Crippen molar-refractivity contribution in [1.29, 1.82) is 0 Å². The molecule has 4 rings (SSSR count). The minimum atomic E-state index is -0.669. The Morgan fingerprint density at radius 1 is 1.09 bits per heavy atom. The smallest absolute Gasteiger partial charge is 0.174 e. The molecule has 7 heteroatoms. The lowest BCUT2D eigenvalue weighted by Crippen LogP contribution is -2.29. The van der Waals surface area contributed by atoms with Gasteiger partial charge >= 0.3 is 0 Å². The molecule has 1 aliphatic rings. The number of hydrogen-bond acceptors (Lipinski definition) is 4. The van der Waals surface area contributed by atoms with E-state index in [1.165, 1.54) is 12.1 Å². The van der Waals surface area contributed by atoms with Gasteiger partial charge in [-0.15, -0.1) is 0 Å². The van der Waals surface area contributed by atoms with Crippen LogP contribution in [0.1, 0.15) is 42.5 Å². The van der Waals surface area contributed by atoms with E-state index >= 15 is 0 Å². The number of benzene rings is 3. The zero-order valence-electron chi connectivity index (χ0n) is 18.3. The van der Waals surface area contributed by atoms with E-state index < -0.39 is 6.10 Å². The van der Waals surface area contributed by atoms with Crippen molar-refractivity contribution in [2.24, 2.45) is 0 Å². The van der Waals surface area contributed by atoms with Gasteiger partial charge in [-0.1, -0.05) is 30.3 Å². The average Bonchev–Trinajstić information content (AvgIpc) is 3.15. The number of halogens is 1. The molecule has 0 amide bonds. The van der Waals surface area contributed by atoms with E-state index in [9.17, 15) is 14.6 Å². The zero-order valence-corrected chi connectivity index (χ0v) is 19.1. The lowest BCUT2D eigenvalue weighted by Gasteiger charge is -2.29. The third kappa shape index (κ3) is 5.10. The SMILES string of the molecule is COc1ccc([C@@H]2[C@@H](CCCC(O)c3ccc(F)cc3)NC(=S)N2c2ccccc2)c(O)c1. The van der Waals surface area contributed by atoms with Gasteiger partial charge in [0.05, 0.1) is 25.3 Å². The fraction of sp³-hybridized carbons (Fsp3) is 0.269. The number of ether oxygens (including phenoxy) is 1. The highest BCUT2D eigenvalue weighted by molar-refractivity contribution is 7.80. The van der Waals surface area contributed by atoms with Crippen LogP contribution in [-0.4, -0.2) is 28.5 Å². The maximum atomic E-state index is 13.2. The predicted octanol–water partition coefficient (Wildman–Crippen LogP) is 5.25. The minimum Gasteiger partial charge on any atom is -0.507 e. The molecule has 1 saturated heterocycles. The van der Waals surface area contributed by atoms with Crippen LogP contribution in [0, 0.1) is 5.82 Å². The summed E-state index contributed by atoms with van der Waals surface area (Å²) >= 11 is 5.68. The van der Waals surface area contributed by atoms with Gasteiger partial charge in [-0.2, -0.15) is 0 Å². The quantitative estimate of drug-likeness (QED) is 0.394. The van der Waals surface area contributed by atoms with Gasteiger partial charge in [-0.3, -0.25) is 0 Å². The second-order valence-corrected chi connectivity index (χ2v) is 8.52. The number of phenolic OH excluding ortho intramolecular Hbond substituents is 1. The summed E-state index contributed by atoms with van der Waals surface area (Å²) in [4.78, 5) is 2.03. The van der Waals surface area contributed by atoms with Crippen LogP contribution < -0.4 is 15.0 Å². The van der Waals surface area contributed by atoms with Crippen LogP contribution in [0.2, 0.25) is 0 Å². The molecule has 0 saturated carbocycles. The fourth-order valence-electron chi connectivity index (χ4n) is 4.35. The summed E-state index contributed by atoms with van der Waals surface area (Å²) in [6, 6.07) is 20.8. The normalized spacial score (nSPS) is 18.8. The van der Waals surface area contributed by atoms with Crippen LogP contribution in [0.15, 0.2) is 72.8 Å². The van der Waals surface area contributed by atoms with Crippen LogP contribution in [-0.2, 0) is 0 Å². The fourth-order valence-corrected chi connectivity index (χ4v) is 4.72. The topological polar surface area (TPSA) is 65.0 Å². The van der Waals surface area contributed by atoms with Crippen molar-refractivity contribution in [2.45, 2.75) is 37.5 Å². The number of nitrogens with zero attached hydrogens (tertiary/aromatic N) is 1. The summed E-state index contributed by atoms with van der Waals surface area (Å²) in [6.45, 7) is 0. The first-order chi connectivity index (χ1) is 16.0. The Hall–Kier alpha value is -3.16. The molecule has 0 radical (unpaired) electrons. The largest absolute Gasteiger partial charge is 0.507 e. The molecule has 0 spiro atoms. The molecule has 3 aromatic rings. The van der Waals surface area contributed by atoms with E-state index in [-0.39, 0.29) is 23.7 Å². The maximum absolute atomic E-state index is 13.2. The number of thiocarbonyl (C=S) groups is 1. The lowest BCUT2D eigenvalue weighted by atomic mass is 9.93. The highest BCUT2D eigenvalue weighted by Crippen LogP contribution is 2.41. The molecule has 0 aromatic heterocycles. The highest BCUT2D eigenvalue weighted by Gasteiger charge is 2.40. The molecule has 1 heterocycles. The first kappa shape index (κ1) is 23.0. The number of nitrogens with one attached hydrogen (secondary N) is 1. The van der Waals surface area contributed by atoms with Crippen molar-refractivity contribution in [3.63, 3.8) is 0 Å². The molecule has 1 unspecified atom stereocenters. The Bertz CT molecular complexity index is 1090. The number of aliphatic hydroxyl groups is 1. The molecule has 33 heavy (non-hydrogen) atoms. The summed E-state index contributed by atoms with van der Waals surface area (Å²) in [5.74, 6) is 0.399. The minimum absolute atomic E-state index is 0.0718. The molecule has 1 fully saturated rings. The van der Waals surface area contributed by atoms with Crippen LogP contribution in [0.4, 0.5) is 10.1 Å². The van der Waals surface area contributed by atoms with Gasteiger partial charge < -0.3 is 25.2 Å². The number of anilines is 1. The van der Waals surface area contributed by atoms with Crippen molar-refractivity contribution in [3.05, 3.63) is 89.7 Å². The lowest BCUT2D eigenvalue weighted by molar-refractivity contribution is 0.162. The van der Waals surface area contributed by atoms with E-state index in [1.54, 1.807) is 25.3 Å². The van der Waals surface area contributed by atoms with Crippen molar-refractivity contribution in [3.8, 4) is 11.5 Å². The van der Waals surface area contributed by atoms with Gasteiger partial charge in [0.15, 0.2) is 5.11 Å². The molecule has 3 aromatic carbocycles. The standard InChI is InChI=1S/C26H27FN2O3S/c1-32-20-14-15-21(24(31)16-20)25-22(28-26(33)29(25)19-6-3-2-4-7-19)8-5-9-23(30)17-10-12-18(27)13-11-17/h2-4,6-7,10-16,22-23,25,30-31H,5,8-9H2,1H3,(H,28,33)/t22-,23?,25-/m1/s1. The van der Waals surface area contributed by atoms with Gasteiger partial charge in [-0.25, -0.2) is 4.39 Å². The molecule has 0 bridgehead atoms. The number of aromatic hydroxyl groups is 1. The molecular formula is C26H27FN2O3S. The molecule has 0 aliphatic carbocycles. The number of para-hydroxylation sites is 1. The number of aliphatic hydroxyl groups excluding tert-OH is 1. The zero-order chi connectivity index (χ0) is 23.4. The van der Waals surface area contributed by atoms with Gasteiger partial charge in [0.1, 0.15) is 17.3 Å². The van der Waals surface area contributed by atoms with Gasteiger partial charge in [0, 0.05) is 17.3 Å². The first-order valence-electron chi connectivity index (χ1n) is 10.9. The summed E-state index contributed by atoms with van der Waals surface area (Å²) in [7, 11) is 1.56. The molecule has 172 valence electrons. The van der Waals surface area contributed by atoms with Crippen LogP contribution in [0.5, 0.6) is 11.5 Å². The summed E-state index contributed by atoms with van der Waals surface area (Å²) < 4.78 is 18.4. The summed E-state index contributed by atoms with van der Waals surface area (Å²) in [5, 5.41) is 25.3. The van der Waals surface area contributed by atoms with Gasteiger partial charge in [0.25, 0.3) is 0 Å². The summed E-state index contributed by atoms with van der Waals surface area (Å²) in [6.07, 6.45) is 1.30. The highest BCUT2D eigenvalue weighted by atomic mass is 32.1. The van der Waals surface area contributed by atoms with E-state index in [4.69, 9.17) is 17.0 Å². The van der Waals surface area contributed by atoms with E-state index in [2.05, 4.69) is 5.32 Å². The molecule has 5 nitrogen and oxygen atoms in total. The van der Waals surface area contributed by atoms with Crippen molar-refractivity contribution >= 4 is 23.0 Å². The number of methoxy groups -OCH3 is 1. The Balaban J connectivity index is 1.55. The second-order valence-electron chi connectivity index (χ2n) is 8.13. The molecule has 1 aliphatic heterocycles. The molecule has 3 atom stereocenters. The Morgan fingerprint density at radius 3 is 2.48 bits per heavy atom. The molecular weight excluding hydrogens is 439 g/mol. The van der Waals surface area contributed by atoms with Gasteiger partial charge in [0.2, 0.25) is 0 Å². The Morgan fingerprint density at radius 2 is 1.82 bits per heavy atom. The van der Waals surface area contributed by atoms with Crippen LogP contribution in [0.25, 0.3) is 0 Å². The number of phenols is 1. The van der Waals surface area contributed by atoms with Crippen LogP contribution >= 0.6 is 12.2 Å². The Labute approximate surface area is 198 Å². The average molecular weight is 467 g/mol. The maximum Gasteiger partial charge on any atom is 0.174 e. The third-order valence-electron chi connectivity index (χ3n) is 6.03. The van der Waals surface area contributed by atoms with Crippen molar-refractivity contribution in [2.75, 3.05) is 12.0 Å².